The average Bonchev–Trinajstić information content (AvgIpc) is 2.80. The van der Waals surface area contributed by atoms with Gasteiger partial charge in [0.2, 0.25) is 0 Å². The smallest absolute Gasteiger partial charge is 0.191 e. The quantitative estimate of drug-likeness (QED) is 0.557. The first kappa shape index (κ1) is 15.1. The second-order valence-corrected chi connectivity index (χ2v) is 7.17. The van der Waals surface area contributed by atoms with Crippen LogP contribution in [0.4, 0.5) is 5.82 Å². The second-order valence-electron chi connectivity index (χ2n) is 4.98. The van der Waals surface area contributed by atoms with Crippen LogP contribution in [0.15, 0.2) is 41.6 Å². The van der Waals surface area contributed by atoms with E-state index in [-0.39, 0.29) is 0 Å². The summed E-state index contributed by atoms with van der Waals surface area (Å²) in [6.45, 7) is 4.17. The third-order valence-electron chi connectivity index (χ3n) is 3.45. The third-order valence-corrected chi connectivity index (χ3v) is 5.36. The minimum Gasteiger partial charge on any atom is -0.383 e. The van der Waals surface area contributed by atoms with Crippen molar-refractivity contribution in [3.05, 3.63) is 52.4 Å². The van der Waals surface area contributed by atoms with Crippen LogP contribution >= 0.6 is 23.1 Å². The maximum Gasteiger partial charge on any atom is 0.191 e. The molecule has 0 aliphatic rings. The fourth-order valence-electron chi connectivity index (χ4n) is 2.20. The molecule has 0 fully saturated rings. The number of aryl methyl sites for hydroxylation is 2. The first-order valence-electron chi connectivity index (χ1n) is 7.03. The first-order valence-corrected chi connectivity index (χ1v) is 8.83. The molecule has 0 unspecified atom stereocenters. The summed E-state index contributed by atoms with van der Waals surface area (Å²) in [7, 11) is 0. The minimum atomic E-state index is 0.585. The zero-order valence-corrected chi connectivity index (χ0v) is 14.2. The van der Waals surface area contributed by atoms with Crippen molar-refractivity contribution in [3.63, 3.8) is 0 Å². The number of nitrogen functional groups attached to an aromatic ring is 1. The summed E-state index contributed by atoms with van der Waals surface area (Å²) in [6, 6.07) is 10.2. The minimum absolute atomic E-state index is 0.585. The topological polar surface area (TPSA) is 51.8 Å². The highest BCUT2D eigenvalue weighted by molar-refractivity contribution is 7.99. The number of benzene rings is 1. The van der Waals surface area contributed by atoms with E-state index in [0.717, 1.165) is 21.1 Å². The van der Waals surface area contributed by atoms with Gasteiger partial charge in [0.05, 0.1) is 5.39 Å². The average molecular weight is 327 g/mol. The van der Waals surface area contributed by atoms with Crippen LogP contribution in [0.1, 0.15) is 16.0 Å². The number of hydrogen-bond donors (Lipinski definition) is 1. The van der Waals surface area contributed by atoms with Crippen LogP contribution in [0.2, 0.25) is 0 Å². The molecule has 0 saturated heterocycles. The zero-order valence-electron chi connectivity index (χ0n) is 12.5. The third kappa shape index (κ3) is 3.15. The highest BCUT2D eigenvalue weighted by atomic mass is 32.2. The molecular weight excluding hydrogens is 310 g/mol. The molecule has 0 amide bonds. The van der Waals surface area contributed by atoms with E-state index in [0.29, 0.717) is 5.82 Å². The van der Waals surface area contributed by atoms with Gasteiger partial charge >= 0.3 is 0 Å². The summed E-state index contributed by atoms with van der Waals surface area (Å²) in [5.41, 5.74) is 8.48. The normalized spacial score (nSPS) is 11.5. The monoisotopic (exact) mass is 327 g/mol. The van der Waals surface area contributed by atoms with Crippen molar-refractivity contribution in [3.8, 4) is 0 Å². The lowest BCUT2D eigenvalue weighted by Gasteiger charge is -2.01. The molecule has 3 aromatic rings. The molecule has 5 heteroatoms. The number of thiophene rings is 1. The highest BCUT2D eigenvalue weighted by Crippen LogP contribution is 2.33. The van der Waals surface area contributed by atoms with Crippen LogP contribution in [0, 0.1) is 13.8 Å². The molecule has 3 rings (SSSR count). The van der Waals surface area contributed by atoms with Gasteiger partial charge in [0.1, 0.15) is 10.6 Å². The Bertz CT molecular complexity index is 823. The molecule has 3 nitrogen and oxygen atoms in total. The molecule has 2 aromatic heterocycles. The number of nitrogens with two attached hydrogens (primary N) is 1. The molecule has 0 radical (unpaired) electrons. The summed E-state index contributed by atoms with van der Waals surface area (Å²) in [6.07, 6.45) is 4.23. The van der Waals surface area contributed by atoms with Gasteiger partial charge in [-0.3, -0.25) is 0 Å². The van der Waals surface area contributed by atoms with E-state index in [9.17, 15) is 0 Å². The molecule has 22 heavy (non-hydrogen) atoms. The Labute approximate surface area is 138 Å². The van der Waals surface area contributed by atoms with Gasteiger partial charge in [0, 0.05) is 10.6 Å². The Balaban J connectivity index is 1.73. The van der Waals surface area contributed by atoms with Crippen molar-refractivity contribution in [2.45, 2.75) is 19.0 Å². The fourth-order valence-corrected chi connectivity index (χ4v) is 3.95. The van der Waals surface area contributed by atoms with E-state index < -0.39 is 0 Å². The van der Waals surface area contributed by atoms with Gasteiger partial charge < -0.3 is 5.73 Å². The lowest BCUT2D eigenvalue weighted by atomic mass is 10.2. The Hall–Kier alpha value is -1.85. The number of thioether (sulfide) groups is 1. The van der Waals surface area contributed by atoms with E-state index in [1.165, 1.54) is 16.0 Å². The predicted molar refractivity (Wildman–Crippen MR) is 97.5 cm³/mol. The van der Waals surface area contributed by atoms with Gasteiger partial charge in [-0.2, -0.15) is 0 Å². The van der Waals surface area contributed by atoms with Crippen molar-refractivity contribution in [2.75, 3.05) is 11.5 Å². The van der Waals surface area contributed by atoms with E-state index in [1.54, 1.807) is 23.1 Å². The number of fused-ring (bicyclic) bond motifs is 1. The summed E-state index contributed by atoms with van der Waals surface area (Å²) < 4.78 is 0. The van der Waals surface area contributed by atoms with Crippen molar-refractivity contribution in [1.82, 2.24) is 9.97 Å². The van der Waals surface area contributed by atoms with Gasteiger partial charge in [-0.1, -0.05) is 54.2 Å². The Morgan fingerprint density at radius 2 is 1.95 bits per heavy atom. The lowest BCUT2D eigenvalue weighted by Crippen LogP contribution is -1.96. The van der Waals surface area contributed by atoms with E-state index >= 15 is 0 Å². The molecular formula is C17H17N3S2. The Morgan fingerprint density at radius 1 is 1.18 bits per heavy atom. The standard InChI is InChI=1S/C17H17N3S2/c1-11-12(2)22-16-14(11)15(18)19-17(20-16)21-10-6-9-13-7-4-3-5-8-13/h3-9H,10H2,1-2H3,(H2,18,19,20). The van der Waals surface area contributed by atoms with Crippen LogP contribution in [-0.2, 0) is 0 Å². The summed E-state index contributed by atoms with van der Waals surface area (Å²) in [4.78, 5) is 11.3. The van der Waals surface area contributed by atoms with Crippen LogP contribution in [0.25, 0.3) is 16.3 Å². The number of hydrogen-bond acceptors (Lipinski definition) is 5. The van der Waals surface area contributed by atoms with E-state index in [4.69, 9.17) is 5.73 Å². The van der Waals surface area contributed by atoms with E-state index in [2.05, 4.69) is 48.1 Å². The van der Waals surface area contributed by atoms with Gasteiger partial charge in [-0.05, 0) is 25.0 Å². The van der Waals surface area contributed by atoms with Crippen LogP contribution < -0.4 is 5.73 Å². The number of rotatable bonds is 4. The maximum absolute atomic E-state index is 6.09. The highest BCUT2D eigenvalue weighted by Gasteiger charge is 2.12. The number of nitrogens with zero attached hydrogens (tertiary/aromatic N) is 2. The van der Waals surface area contributed by atoms with Gasteiger partial charge in [-0.25, -0.2) is 9.97 Å². The molecule has 2 heterocycles. The van der Waals surface area contributed by atoms with Crippen LogP contribution in [0.3, 0.4) is 0 Å². The van der Waals surface area contributed by atoms with Crippen molar-refractivity contribution in [1.29, 1.82) is 0 Å². The molecule has 0 saturated carbocycles. The van der Waals surface area contributed by atoms with Crippen molar-refractivity contribution in [2.24, 2.45) is 0 Å². The van der Waals surface area contributed by atoms with Crippen LogP contribution in [0.5, 0.6) is 0 Å². The number of aromatic nitrogens is 2. The largest absolute Gasteiger partial charge is 0.383 e. The first-order chi connectivity index (χ1) is 10.6. The molecule has 112 valence electrons. The number of anilines is 1. The Kier molecular flexibility index (Phi) is 4.45. The van der Waals surface area contributed by atoms with Crippen LogP contribution in [-0.4, -0.2) is 15.7 Å². The molecule has 2 N–H and O–H groups in total. The van der Waals surface area contributed by atoms with Gasteiger partial charge in [-0.15, -0.1) is 11.3 Å². The van der Waals surface area contributed by atoms with E-state index in [1.807, 2.05) is 18.2 Å². The van der Waals surface area contributed by atoms with Gasteiger partial charge in [0.25, 0.3) is 0 Å². The zero-order chi connectivity index (χ0) is 15.5. The predicted octanol–water partition coefficient (Wildman–Crippen LogP) is 4.70. The maximum atomic E-state index is 6.09. The molecule has 0 atom stereocenters. The summed E-state index contributed by atoms with van der Waals surface area (Å²) in [5.74, 6) is 1.41. The summed E-state index contributed by atoms with van der Waals surface area (Å²) >= 11 is 3.28. The molecule has 0 aliphatic carbocycles. The van der Waals surface area contributed by atoms with Crippen molar-refractivity contribution < 1.29 is 0 Å². The lowest BCUT2D eigenvalue weighted by molar-refractivity contribution is 1.02. The molecule has 0 aliphatic heterocycles. The SMILES string of the molecule is Cc1sc2nc(SCC=Cc3ccccc3)nc(N)c2c1C. The second kappa shape index (κ2) is 6.50. The Morgan fingerprint density at radius 3 is 2.73 bits per heavy atom. The fraction of sp³-hybridized carbons (Fsp3) is 0.176. The summed E-state index contributed by atoms with van der Waals surface area (Å²) in [5, 5.41) is 1.75. The molecule has 0 spiro atoms. The molecule has 1 aromatic carbocycles. The van der Waals surface area contributed by atoms with Gasteiger partial charge in [0.15, 0.2) is 5.16 Å². The molecule has 0 bridgehead atoms. The van der Waals surface area contributed by atoms with Crippen molar-refractivity contribution >= 4 is 45.2 Å².